The lowest BCUT2D eigenvalue weighted by Crippen LogP contribution is -2.21. The zero-order chi connectivity index (χ0) is 18.3. The highest BCUT2D eigenvalue weighted by Crippen LogP contribution is 2.23. The molecule has 0 aliphatic carbocycles. The van der Waals surface area contributed by atoms with E-state index in [0.29, 0.717) is 5.65 Å². The number of hydrogen-bond donors (Lipinski definition) is 0. The predicted octanol–water partition coefficient (Wildman–Crippen LogP) is 3.78. The molecule has 26 heavy (non-hydrogen) atoms. The van der Waals surface area contributed by atoms with E-state index in [4.69, 9.17) is 4.74 Å². The summed E-state index contributed by atoms with van der Waals surface area (Å²) in [7, 11) is 1.62. The molecule has 0 saturated heterocycles. The molecule has 0 aliphatic heterocycles. The first kappa shape index (κ1) is 16.1. The molecule has 0 bridgehead atoms. The van der Waals surface area contributed by atoms with E-state index in [0.717, 1.165) is 28.4 Å². The Bertz CT molecular complexity index is 1140. The van der Waals surface area contributed by atoms with Crippen LogP contribution >= 0.6 is 0 Å². The second kappa shape index (κ2) is 6.19. The van der Waals surface area contributed by atoms with Crippen LogP contribution in [0.5, 0.6) is 5.75 Å². The fraction of sp³-hybridized carbons (Fsp3) is 0.143. The largest absolute Gasteiger partial charge is 0.497 e. The zero-order valence-corrected chi connectivity index (χ0v) is 14.9. The third-order valence-electron chi connectivity index (χ3n) is 4.54. The summed E-state index contributed by atoms with van der Waals surface area (Å²) in [5, 5.41) is 0. The van der Waals surface area contributed by atoms with Crippen LogP contribution in [0.2, 0.25) is 0 Å². The van der Waals surface area contributed by atoms with Gasteiger partial charge in [-0.05, 0) is 38.1 Å². The Hall–Kier alpha value is -3.34. The van der Waals surface area contributed by atoms with Gasteiger partial charge in [-0.1, -0.05) is 29.8 Å². The third-order valence-corrected chi connectivity index (χ3v) is 4.54. The van der Waals surface area contributed by atoms with Gasteiger partial charge in [0.25, 0.3) is 5.56 Å². The minimum absolute atomic E-state index is 0.154. The van der Waals surface area contributed by atoms with Crippen LogP contribution in [-0.4, -0.2) is 21.1 Å². The summed E-state index contributed by atoms with van der Waals surface area (Å²) in [6.07, 6.45) is 3.60. The monoisotopic (exact) mass is 345 g/mol. The van der Waals surface area contributed by atoms with Crippen LogP contribution in [-0.2, 0) is 0 Å². The molecule has 0 radical (unpaired) electrons. The van der Waals surface area contributed by atoms with Gasteiger partial charge in [0.15, 0.2) is 0 Å². The molecule has 0 atom stereocenters. The number of ether oxygens (including phenoxy) is 1. The fourth-order valence-electron chi connectivity index (χ4n) is 3.10. The normalized spacial score (nSPS) is 11.0. The van der Waals surface area contributed by atoms with Crippen LogP contribution in [0.3, 0.4) is 0 Å². The van der Waals surface area contributed by atoms with E-state index >= 15 is 0 Å². The Kier molecular flexibility index (Phi) is 3.84. The number of benzene rings is 2. The molecule has 2 aromatic heterocycles. The molecular weight excluding hydrogens is 326 g/mol. The van der Waals surface area contributed by atoms with E-state index < -0.39 is 0 Å². The lowest BCUT2D eigenvalue weighted by Gasteiger charge is -2.13. The van der Waals surface area contributed by atoms with Crippen molar-refractivity contribution in [2.24, 2.45) is 0 Å². The van der Waals surface area contributed by atoms with Gasteiger partial charge >= 0.3 is 0 Å². The van der Waals surface area contributed by atoms with E-state index in [2.05, 4.69) is 36.2 Å². The lowest BCUT2D eigenvalue weighted by atomic mass is 10.1. The third kappa shape index (κ3) is 2.58. The van der Waals surface area contributed by atoms with Crippen LogP contribution in [0.1, 0.15) is 11.3 Å². The Labute approximate surface area is 151 Å². The molecule has 0 unspecified atom stereocenters. The smallest absolute Gasteiger partial charge is 0.298 e. The van der Waals surface area contributed by atoms with Crippen molar-refractivity contribution < 1.29 is 4.74 Å². The quantitative estimate of drug-likeness (QED) is 0.568. The highest BCUT2D eigenvalue weighted by molar-refractivity contribution is 5.64. The van der Waals surface area contributed by atoms with Crippen LogP contribution in [0, 0.1) is 13.8 Å². The number of aromatic nitrogens is 3. The molecule has 4 rings (SSSR count). The second-order valence-electron chi connectivity index (χ2n) is 6.31. The SMILES string of the molecule is COc1ccc(-n2cc(-c3ccc(C)cc3)n3c(C)cnc3c2=O)cc1. The molecule has 130 valence electrons. The van der Waals surface area contributed by atoms with Crippen molar-refractivity contribution in [1.82, 2.24) is 14.0 Å². The lowest BCUT2D eigenvalue weighted by molar-refractivity contribution is 0.414. The summed E-state index contributed by atoms with van der Waals surface area (Å²) in [5.74, 6) is 0.748. The van der Waals surface area contributed by atoms with Crippen LogP contribution in [0.4, 0.5) is 0 Å². The first-order valence-electron chi connectivity index (χ1n) is 8.39. The number of nitrogens with zero attached hydrogens (tertiary/aromatic N) is 3. The first-order valence-corrected chi connectivity index (χ1v) is 8.39. The van der Waals surface area contributed by atoms with Crippen molar-refractivity contribution in [3.8, 4) is 22.7 Å². The summed E-state index contributed by atoms with van der Waals surface area (Å²) in [6, 6.07) is 15.7. The maximum Gasteiger partial charge on any atom is 0.298 e. The maximum absolute atomic E-state index is 13.0. The van der Waals surface area contributed by atoms with Crippen molar-refractivity contribution in [2.45, 2.75) is 13.8 Å². The molecule has 0 saturated carbocycles. The van der Waals surface area contributed by atoms with Gasteiger partial charge in [-0.2, -0.15) is 0 Å². The minimum Gasteiger partial charge on any atom is -0.497 e. The van der Waals surface area contributed by atoms with Gasteiger partial charge in [0.05, 0.1) is 12.8 Å². The van der Waals surface area contributed by atoms with Gasteiger partial charge in [-0.15, -0.1) is 0 Å². The van der Waals surface area contributed by atoms with Crippen LogP contribution in [0.15, 0.2) is 65.7 Å². The van der Waals surface area contributed by atoms with Crippen molar-refractivity contribution in [1.29, 1.82) is 0 Å². The molecule has 0 spiro atoms. The van der Waals surface area contributed by atoms with Gasteiger partial charge in [0.1, 0.15) is 5.75 Å². The molecule has 2 heterocycles. The summed E-state index contributed by atoms with van der Waals surface area (Å²) >= 11 is 0. The fourth-order valence-corrected chi connectivity index (χ4v) is 3.10. The van der Waals surface area contributed by atoms with E-state index in [1.54, 1.807) is 17.9 Å². The summed E-state index contributed by atoms with van der Waals surface area (Å²) in [4.78, 5) is 17.3. The molecular formula is C21H19N3O2. The minimum atomic E-state index is -0.154. The zero-order valence-electron chi connectivity index (χ0n) is 14.9. The van der Waals surface area contributed by atoms with Crippen molar-refractivity contribution >= 4 is 5.65 Å². The number of methoxy groups -OCH3 is 1. The van der Waals surface area contributed by atoms with Crippen molar-refractivity contribution in [2.75, 3.05) is 7.11 Å². The number of fused-ring (bicyclic) bond motifs is 1. The van der Waals surface area contributed by atoms with E-state index in [1.165, 1.54) is 5.56 Å². The van der Waals surface area contributed by atoms with Gasteiger partial charge in [0, 0.05) is 29.3 Å². The molecule has 5 nitrogen and oxygen atoms in total. The average Bonchev–Trinajstić information content (AvgIpc) is 3.06. The molecule has 0 aliphatic rings. The molecule has 0 fully saturated rings. The number of hydrogen-bond acceptors (Lipinski definition) is 3. The summed E-state index contributed by atoms with van der Waals surface area (Å²) < 4.78 is 8.75. The second-order valence-corrected chi connectivity index (χ2v) is 6.31. The maximum atomic E-state index is 13.0. The average molecular weight is 345 g/mol. The standard InChI is InChI=1S/C21H19N3O2/c1-14-4-6-16(7-5-14)19-13-23(17-8-10-18(26-3)11-9-17)21(25)20-22-12-15(2)24(19)20/h4-13H,1-3H3. The summed E-state index contributed by atoms with van der Waals surface area (Å²) in [5.41, 5.74) is 5.10. The van der Waals surface area contributed by atoms with Crippen LogP contribution in [0.25, 0.3) is 22.6 Å². The molecule has 5 heteroatoms. The van der Waals surface area contributed by atoms with Gasteiger partial charge < -0.3 is 4.74 Å². The van der Waals surface area contributed by atoms with Gasteiger partial charge in [-0.25, -0.2) is 4.98 Å². The highest BCUT2D eigenvalue weighted by atomic mass is 16.5. The molecule has 0 N–H and O–H groups in total. The number of rotatable bonds is 3. The Morgan fingerprint density at radius 3 is 2.31 bits per heavy atom. The van der Waals surface area contributed by atoms with Crippen LogP contribution < -0.4 is 10.3 Å². The highest BCUT2D eigenvalue weighted by Gasteiger charge is 2.14. The van der Waals surface area contributed by atoms with E-state index in [9.17, 15) is 4.79 Å². The Morgan fingerprint density at radius 1 is 0.962 bits per heavy atom. The van der Waals surface area contributed by atoms with E-state index in [-0.39, 0.29) is 5.56 Å². The van der Waals surface area contributed by atoms with Gasteiger partial charge in [-0.3, -0.25) is 13.8 Å². The number of imidazole rings is 1. The predicted molar refractivity (Wildman–Crippen MR) is 102 cm³/mol. The van der Waals surface area contributed by atoms with Crippen molar-refractivity contribution in [3.63, 3.8) is 0 Å². The molecule has 2 aromatic carbocycles. The first-order chi connectivity index (χ1) is 12.6. The van der Waals surface area contributed by atoms with Gasteiger partial charge in [0.2, 0.25) is 5.65 Å². The summed E-state index contributed by atoms with van der Waals surface area (Å²) in [6.45, 7) is 4.01. The number of aryl methyl sites for hydroxylation is 2. The van der Waals surface area contributed by atoms with E-state index in [1.807, 2.05) is 41.8 Å². The topological polar surface area (TPSA) is 48.5 Å². The Balaban J connectivity index is 2.01. The molecule has 0 amide bonds. The Morgan fingerprint density at radius 2 is 1.65 bits per heavy atom. The van der Waals surface area contributed by atoms with Crippen molar-refractivity contribution in [3.05, 3.63) is 82.5 Å². The molecule has 4 aromatic rings.